The fourth-order valence-electron chi connectivity index (χ4n) is 3.38. The second-order valence-electron chi connectivity index (χ2n) is 7.13. The zero-order valence-corrected chi connectivity index (χ0v) is 16.6. The number of benzene rings is 2. The van der Waals surface area contributed by atoms with Crippen LogP contribution in [-0.4, -0.2) is 31.0 Å². The molecule has 148 valence electrons. The van der Waals surface area contributed by atoms with Crippen molar-refractivity contribution in [3.8, 4) is 5.75 Å². The number of anilines is 3. The van der Waals surface area contributed by atoms with E-state index < -0.39 is 0 Å². The zero-order valence-electron chi connectivity index (χ0n) is 16.6. The van der Waals surface area contributed by atoms with Crippen LogP contribution < -0.4 is 20.3 Å². The van der Waals surface area contributed by atoms with Gasteiger partial charge in [0.05, 0.1) is 0 Å². The van der Waals surface area contributed by atoms with Gasteiger partial charge < -0.3 is 20.3 Å². The first kappa shape index (κ1) is 19.7. The molecular weight excluding hydrogens is 354 g/mol. The molecule has 0 unspecified atom stereocenters. The van der Waals surface area contributed by atoms with Crippen molar-refractivity contribution < 1.29 is 14.3 Å². The Balaban J connectivity index is 1.54. The molecule has 1 aliphatic heterocycles. The van der Waals surface area contributed by atoms with E-state index in [1.807, 2.05) is 36.4 Å². The molecule has 0 saturated heterocycles. The van der Waals surface area contributed by atoms with Crippen molar-refractivity contribution in [2.24, 2.45) is 0 Å². The lowest BCUT2D eigenvalue weighted by molar-refractivity contribution is -0.118. The molecule has 1 aliphatic rings. The van der Waals surface area contributed by atoms with Crippen molar-refractivity contribution in [3.05, 3.63) is 48.0 Å². The minimum atomic E-state index is -0.213. The molecular formula is C22H27N3O3. The summed E-state index contributed by atoms with van der Waals surface area (Å²) in [6, 6.07) is 13.7. The number of nitrogens with zero attached hydrogens (tertiary/aromatic N) is 1. The second-order valence-corrected chi connectivity index (χ2v) is 7.13. The summed E-state index contributed by atoms with van der Waals surface area (Å²) in [6.45, 7) is 7.31. The van der Waals surface area contributed by atoms with Gasteiger partial charge in [-0.3, -0.25) is 9.59 Å². The fraction of sp³-hybridized carbons (Fsp3) is 0.364. The van der Waals surface area contributed by atoms with E-state index in [1.54, 1.807) is 6.07 Å². The minimum absolute atomic E-state index is 0.0296. The summed E-state index contributed by atoms with van der Waals surface area (Å²) in [5, 5.41) is 5.69. The van der Waals surface area contributed by atoms with Gasteiger partial charge >= 0.3 is 0 Å². The van der Waals surface area contributed by atoms with Crippen LogP contribution in [0.5, 0.6) is 5.75 Å². The molecule has 2 amide bonds. The van der Waals surface area contributed by atoms with E-state index in [9.17, 15) is 9.59 Å². The Morgan fingerprint density at radius 2 is 1.93 bits per heavy atom. The second kappa shape index (κ2) is 8.78. The SMILES string of the molecule is CCN(c1ccc(NC(=O)COc2ccc3c(c2)CCC(=O)N3)cc1)C(C)C. The molecule has 0 atom stereocenters. The molecule has 0 saturated carbocycles. The number of carbonyl (C=O) groups excluding carboxylic acids is 2. The lowest BCUT2D eigenvalue weighted by atomic mass is 10.0. The Kier molecular flexibility index (Phi) is 6.19. The van der Waals surface area contributed by atoms with E-state index in [0.29, 0.717) is 24.6 Å². The normalized spacial score (nSPS) is 12.9. The Morgan fingerprint density at radius 1 is 1.18 bits per heavy atom. The van der Waals surface area contributed by atoms with Gasteiger partial charge in [0.15, 0.2) is 6.61 Å². The third-order valence-corrected chi connectivity index (χ3v) is 4.79. The van der Waals surface area contributed by atoms with Gasteiger partial charge in [0.2, 0.25) is 5.91 Å². The maximum absolute atomic E-state index is 12.2. The first-order chi connectivity index (χ1) is 13.5. The first-order valence-corrected chi connectivity index (χ1v) is 9.68. The highest BCUT2D eigenvalue weighted by atomic mass is 16.5. The average molecular weight is 381 g/mol. The van der Waals surface area contributed by atoms with Crippen LogP contribution in [0.2, 0.25) is 0 Å². The van der Waals surface area contributed by atoms with Crippen molar-refractivity contribution in [1.29, 1.82) is 0 Å². The highest BCUT2D eigenvalue weighted by Gasteiger charge is 2.15. The van der Waals surface area contributed by atoms with Gasteiger partial charge in [-0.05, 0) is 75.2 Å². The summed E-state index contributed by atoms with van der Waals surface area (Å²) >= 11 is 0. The molecule has 0 radical (unpaired) electrons. The lowest BCUT2D eigenvalue weighted by Gasteiger charge is -2.27. The maximum Gasteiger partial charge on any atom is 0.262 e. The van der Waals surface area contributed by atoms with Crippen LogP contribution in [0.4, 0.5) is 17.1 Å². The molecule has 0 fully saturated rings. The number of aryl methyl sites for hydroxylation is 1. The van der Waals surface area contributed by atoms with Gasteiger partial charge in [-0.15, -0.1) is 0 Å². The Hall–Kier alpha value is -3.02. The summed E-state index contributed by atoms with van der Waals surface area (Å²) in [7, 11) is 0. The summed E-state index contributed by atoms with van der Waals surface area (Å²) in [6.07, 6.45) is 1.15. The summed E-state index contributed by atoms with van der Waals surface area (Å²) in [5.74, 6) is 0.438. The van der Waals surface area contributed by atoms with Gasteiger partial charge in [0.1, 0.15) is 5.75 Å². The van der Waals surface area contributed by atoms with E-state index in [-0.39, 0.29) is 18.4 Å². The molecule has 3 rings (SSSR count). The highest BCUT2D eigenvalue weighted by molar-refractivity contribution is 5.94. The first-order valence-electron chi connectivity index (χ1n) is 9.68. The molecule has 0 spiro atoms. The maximum atomic E-state index is 12.2. The van der Waals surface area contributed by atoms with Crippen LogP contribution in [0.15, 0.2) is 42.5 Å². The number of hydrogen-bond donors (Lipinski definition) is 2. The number of carbonyl (C=O) groups is 2. The van der Waals surface area contributed by atoms with Crippen molar-refractivity contribution in [2.75, 3.05) is 28.7 Å². The summed E-state index contributed by atoms with van der Waals surface area (Å²) in [4.78, 5) is 25.9. The Morgan fingerprint density at radius 3 is 2.61 bits per heavy atom. The Labute approximate surface area is 165 Å². The van der Waals surface area contributed by atoms with Crippen LogP contribution in [0, 0.1) is 0 Å². The zero-order chi connectivity index (χ0) is 20.1. The number of fused-ring (bicyclic) bond motifs is 1. The monoisotopic (exact) mass is 381 g/mol. The minimum Gasteiger partial charge on any atom is -0.484 e. The van der Waals surface area contributed by atoms with Gasteiger partial charge in [-0.1, -0.05) is 0 Å². The van der Waals surface area contributed by atoms with Gasteiger partial charge in [-0.25, -0.2) is 0 Å². The third kappa shape index (κ3) is 4.82. The molecule has 6 heteroatoms. The van der Waals surface area contributed by atoms with Gasteiger partial charge in [-0.2, -0.15) is 0 Å². The summed E-state index contributed by atoms with van der Waals surface area (Å²) < 4.78 is 5.61. The molecule has 28 heavy (non-hydrogen) atoms. The van der Waals surface area contributed by atoms with Crippen molar-refractivity contribution in [3.63, 3.8) is 0 Å². The molecule has 2 aromatic rings. The molecule has 0 aliphatic carbocycles. The van der Waals surface area contributed by atoms with Crippen LogP contribution in [0.25, 0.3) is 0 Å². The average Bonchev–Trinajstić information content (AvgIpc) is 2.68. The van der Waals surface area contributed by atoms with E-state index in [0.717, 1.165) is 29.2 Å². The quantitative estimate of drug-likeness (QED) is 0.765. The van der Waals surface area contributed by atoms with E-state index in [2.05, 4.69) is 36.3 Å². The van der Waals surface area contributed by atoms with E-state index in [1.165, 1.54) is 0 Å². The van der Waals surface area contributed by atoms with E-state index >= 15 is 0 Å². The lowest BCUT2D eigenvalue weighted by Crippen LogP contribution is -2.30. The van der Waals surface area contributed by atoms with Crippen LogP contribution >= 0.6 is 0 Å². The number of amides is 2. The smallest absolute Gasteiger partial charge is 0.262 e. The molecule has 2 aromatic carbocycles. The molecule has 6 nitrogen and oxygen atoms in total. The van der Waals surface area contributed by atoms with E-state index in [4.69, 9.17) is 4.74 Å². The van der Waals surface area contributed by atoms with Crippen molar-refractivity contribution >= 4 is 28.9 Å². The van der Waals surface area contributed by atoms with Crippen molar-refractivity contribution in [2.45, 2.75) is 39.7 Å². The molecule has 1 heterocycles. The largest absolute Gasteiger partial charge is 0.484 e. The predicted molar refractivity (Wildman–Crippen MR) is 112 cm³/mol. The molecule has 0 aromatic heterocycles. The van der Waals surface area contributed by atoms with Crippen LogP contribution in [-0.2, 0) is 16.0 Å². The predicted octanol–water partition coefficient (Wildman–Crippen LogP) is 3.82. The van der Waals surface area contributed by atoms with Crippen LogP contribution in [0.1, 0.15) is 32.8 Å². The number of ether oxygens (including phenoxy) is 1. The standard InChI is InChI=1S/C22H27N3O3/c1-4-25(15(2)3)18-8-6-17(7-9-18)23-22(27)14-28-19-10-11-20-16(13-19)5-12-21(26)24-20/h6-11,13,15H,4-5,12,14H2,1-3H3,(H,23,27)(H,24,26). The number of rotatable bonds is 7. The van der Waals surface area contributed by atoms with Gasteiger partial charge in [0, 0.05) is 36.1 Å². The highest BCUT2D eigenvalue weighted by Crippen LogP contribution is 2.27. The number of hydrogen-bond acceptors (Lipinski definition) is 4. The Bertz CT molecular complexity index is 847. The summed E-state index contributed by atoms with van der Waals surface area (Å²) in [5.41, 5.74) is 3.72. The van der Waals surface area contributed by atoms with Gasteiger partial charge in [0.25, 0.3) is 5.91 Å². The third-order valence-electron chi connectivity index (χ3n) is 4.79. The van der Waals surface area contributed by atoms with Crippen molar-refractivity contribution in [1.82, 2.24) is 0 Å². The fourth-order valence-corrected chi connectivity index (χ4v) is 3.38. The van der Waals surface area contributed by atoms with Crippen LogP contribution in [0.3, 0.4) is 0 Å². The molecule has 0 bridgehead atoms. The molecule has 2 N–H and O–H groups in total. The topological polar surface area (TPSA) is 70.7 Å². The number of nitrogens with one attached hydrogen (secondary N) is 2.